The van der Waals surface area contributed by atoms with Gasteiger partial charge in [0.15, 0.2) is 12.1 Å². The fraction of sp³-hybridized carbons (Fsp3) is 0.400. The molecule has 1 aliphatic heterocycles. The Morgan fingerprint density at radius 2 is 1.83 bits per heavy atom. The van der Waals surface area contributed by atoms with Gasteiger partial charge in [0.1, 0.15) is 6.10 Å². The molecular formula is C15H18O3. The lowest BCUT2D eigenvalue weighted by molar-refractivity contribution is -0.197. The number of benzene rings is 1. The third kappa shape index (κ3) is 3.28. The van der Waals surface area contributed by atoms with Crippen molar-refractivity contribution in [2.24, 2.45) is 0 Å². The van der Waals surface area contributed by atoms with Gasteiger partial charge in [-0.15, -0.1) is 0 Å². The van der Waals surface area contributed by atoms with E-state index in [9.17, 15) is 4.79 Å². The second-order valence-electron chi connectivity index (χ2n) is 5.29. The van der Waals surface area contributed by atoms with E-state index in [-0.39, 0.29) is 11.4 Å². The Labute approximate surface area is 107 Å². The fourth-order valence-electron chi connectivity index (χ4n) is 1.79. The molecule has 3 nitrogen and oxygen atoms in total. The summed E-state index contributed by atoms with van der Waals surface area (Å²) in [6, 6.07) is 9.47. The second kappa shape index (κ2) is 5.04. The summed E-state index contributed by atoms with van der Waals surface area (Å²) in [6.07, 6.45) is 2.15. The molecule has 96 valence electrons. The maximum Gasteiger partial charge on any atom is 0.188 e. The van der Waals surface area contributed by atoms with Crippen molar-refractivity contribution in [3.8, 4) is 0 Å². The van der Waals surface area contributed by atoms with Gasteiger partial charge in [-0.25, -0.2) is 0 Å². The summed E-state index contributed by atoms with van der Waals surface area (Å²) < 4.78 is 11.4. The van der Waals surface area contributed by atoms with Crippen LogP contribution in [0.2, 0.25) is 0 Å². The van der Waals surface area contributed by atoms with Crippen LogP contribution in [0.3, 0.4) is 0 Å². The van der Waals surface area contributed by atoms with E-state index in [0.29, 0.717) is 0 Å². The minimum absolute atomic E-state index is 0.0463. The molecule has 2 atom stereocenters. The van der Waals surface area contributed by atoms with Gasteiger partial charge in [0.2, 0.25) is 0 Å². The van der Waals surface area contributed by atoms with Crippen LogP contribution < -0.4 is 0 Å². The molecule has 0 bridgehead atoms. The molecule has 0 saturated carbocycles. The van der Waals surface area contributed by atoms with Gasteiger partial charge in [0, 0.05) is 0 Å². The van der Waals surface area contributed by atoms with Gasteiger partial charge in [-0.2, -0.15) is 0 Å². The Balaban J connectivity index is 2.14. The van der Waals surface area contributed by atoms with Crippen molar-refractivity contribution in [1.82, 2.24) is 0 Å². The summed E-state index contributed by atoms with van der Waals surface area (Å²) in [4.78, 5) is 11.8. The molecule has 2 unspecified atom stereocenters. The van der Waals surface area contributed by atoms with E-state index >= 15 is 0 Å². The minimum atomic E-state index is -0.566. The highest BCUT2D eigenvalue weighted by Gasteiger charge is 2.29. The number of carbonyl (C=O) groups excluding carboxylic acids is 1. The molecule has 1 aromatic carbocycles. The van der Waals surface area contributed by atoms with Crippen molar-refractivity contribution in [2.75, 3.05) is 0 Å². The summed E-state index contributed by atoms with van der Waals surface area (Å²) in [5, 5.41) is 0. The van der Waals surface area contributed by atoms with Crippen LogP contribution in [0, 0.1) is 0 Å². The monoisotopic (exact) mass is 246 g/mol. The highest BCUT2D eigenvalue weighted by molar-refractivity contribution is 5.95. The molecule has 1 heterocycles. The lowest BCUT2D eigenvalue weighted by atomic mass is 10.0. The Bertz CT molecular complexity index is 443. The van der Waals surface area contributed by atoms with Gasteiger partial charge in [0.25, 0.3) is 0 Å². The molecule has 0 amide bonds. The Hall–Kier alpha value is -1.45. The van der Waals surface area contributed by atoms with Crippen LogP contribution in [0.5, 0.6) is 0 Å². The number of ether oxygens (including phenoxy) is 2. The van der Waals surface area contributed by atoms with Crippen molar-refractivity contribution in [3.63, 3.8) is 0 Å². The van der Waals surface area contributed by atoms with Gasteiger partial charge >= 0.3 is 0 Å². The van der Waals surface area contributed by atoms with Crippen molar-refractivity contribution < 1.29 is 14.3 Å². The van der Waals surface area contributed by atoms with Gasteiger partial charge < -0.3 is 9.47 Å². The lowest BCUT2D eigenvalue weighted by Gasteiger charge is -2.30. The number of carbonyl (C=O) groups is 1. The summed E-state index contributed by atoms with van der Waals surface area (Å²) in [5.74, 6) is -0.0463. The molecule has 0 fully saturated rings. The number of hydrogen-bond donors (Lipinski definition) is 0. The number of ketones is 1. The second-order valence-corrected chi connectivity index (χ2v) is 5.29. The molecule has 1 aliphatic rings. The van der Waals surface area contributed by atoms with E-state index in [0.717, 1.165) is 5.56 Å². The first-order valence-corrected chi connectivity index (χ1v) is 6.06. The van der Waals surface area contributed by atoms with E-state index < -0.39 is 12.4 Å². The predicted octanol–water partition coefficient (Wildman–Crippen LogP) is 3.02. The van der Waals surface area contributed by atoms with E-state index in [1.54, 1.807) is 6.08 Å². The quantitative estimate of drug-likeness (QED) is 0.804. The SMILES string of the molecule is CC(C)(C)OC1C=CC(=O)C(c2ccccc2)O1. The molecule has 0 N–H and O–H groups in total. The van der Waals surface area contributed by atoms with E-state index in [4.69, 9.17) is 9.47 Å². The van der Waals surface area contributed by atoms with E-state index in [1.165, 1.54) is 6.08 Å². The molecule has 2 rings (SSSR count). The smallest absolute Gasteiger partial charge is 0.188 e. The number of rotatable bonds is 2. The van der Waals surface area contributed by atoms with Crippen LogP contribution >= 0.6 is 0 Å². The Kier molecular flexibility index (Phi) is 3.64. The standard InChI is InChI=1S/C15H18O3/c1-15(2,3)18-13-10-9-12(16)14(17-13)11-7-5-4-6-8-11/h4-10,13-14H,1-3H3. The van der Waals surface area contributed by atoms with Gasteiger partial charge in [-0.3, -0.25) is 4.79 Å². The topological polar surface area (TPSA) is 35.5 Å². The first-order valence-electron chi connectivity index (χ1n) is 6.06. The van der Waals surface area contributed by atoms with Gasteiger partial charge in [-0.05, 0) is 38.5 Å². The van der Waals surface area contributed by atoms with Crippen molar-refractivity contribution in [2.45, 2.75) is 38.8 Å². The average Bonchev–Trinajstić information content (AvgIpc) is 2.31. The molecule has 0 aromatic heterocycles. The summed E-state index contributed by atoms with van der Waals surface area (Å²) in [5.41, 5.74) is 0.547. The van der Waals surface area contributed by atoms with E-state index in [1.807, 2.05) is 51.1 Å². The zero-order chi connectivity index (χ0) is 13.2. The molecule has 0 saturated heterocycles. The molecular weight excluding hydrogens is 228 g/mol. The molecule has 18 heavy (non-hydrogen) atoms. The molecule has 0 spiro atoms. The molecule has 0 radical (unpaired) electrons. The Morgan fingerprint density at radius 1 is 1.17 bits per heavy atom. The van der Waals surface area contributed by atoms with E-state index in [2.05, 4.69) is 0 Å². The maximum absolute atomic E-state index is 11.8. The highest BCUT2D eigenvalue weighted by atomic mass is 16.7. The molecule has 3 heteroatoms. The van der Waals surface area contributed by atoms with Crippen LogP contribution in [0.4, 0.5) is 0 Å². The van der Waals surface area contributed by atoms with Crippen LogP contribution in [0.1, 0.15) is 32.4 Å². The maximum atomic E-state index is 11.8. The van der Waals surface area contributed by atoms with Gasteiger partial charge in [-0.1, -0.05) is 30.3 Å². The van der Waals surface area contributed by atoms with Crippen LogP contribution in [0.15, 0.2) is 42.5 Å². The summed E-state index contributed by atoms with van der Waals surface area (Å²) in [7, 11) is 0. The average molecular weight is 246 g/mol. The number of hydrogen-bond acceptors (Lipinski definition) is 3. The highest BCUT2D eigenvalue weighted by Crippen LogP contribution is 2.27. The third-order valence-corrected chi connectivity index (χ3v) is 2.52. The van der Waals surface area contributed by atoms with Crippen LogP contribution in [-0.2, 0) is 14.3 Å². The van der Waals surface area contributed by atoms with Crippen molar-refractivity contribution >= 4 is 5.78 Å². The fourth-order valence-corrected chi connectivity index (χ4v) is 1.79. The van der Waals surface area contributed by atoms with Crippen LogP contribution in [0.25, 0.3) is 0 Å². The third-order valence-electron chi connectivity index (χ3n) is 2.52. The largest absolute Gasteiger partial charge is 0.343 e. The van der Waals surface area contributed by atoms with Crippen molar-refractivity contribution in [3.05, 3.63) is 48.0 Å². The summed E-state index contributed by atoms with van der Waals surface area (Å²) >= 11 is 0. The normalized spacial score (nSPS) is 24.3. The van der Waals surface area contributed by atoms with Crippen LogP contribution in [-0.4, -0.2) is 17.7 Å². The molecule has 0 aliphatic carbocycles. The predicted molar refractivity (Wildman–Crippen MR) is 69.0 cm³/mol. The first kappa shape index (κ1) is 13.0. The summed E-state index contributed by atoms with van der Waals surface area (Å²) in [6.45, 7) is 5.87. The minimum Gasteiger partial charge on any atom is -0.343 e. The zero-order valence-electron chi connectivity index (χ0n) is 10.9. The van der Waals surface area contributed by atoms with Gasteiger partial charge in [0.05, 0.1) is 5.60 Å². The zero-order valence-corrected chi connectivity index (χ0v) is 10.9. The molecule has 1 aromatic rings. The first-order chi connectivity index (χ1) is 8.46. The lowest BCUT2D eigenvalue weighted by Crippen LogP contribution is -2.33. The van der Waals surface area contributed by atoms with Crippen molar-refractivity contribution in [1.29, 1.82) is 0 Å². The Morgan fingerprint density at radius 3 is 2.44 bits per heavy atom.